The number of azide groups is 1. The number of amides is 6. The lowest BCUT2D eigenvalue weighted by molar-refractivity contribution is -0.131. The zero-order chi connectivity index (χ0) is 38.5. The third-order valence-electron chi connectivity index (χ3n) is 9.33. The van der Waals surface area contributed by atoms with Gasteiger partial charge in [0, 0.05) is 53.9 Å². The number of ether oxygens (including phenoxy) is 1. The first kappa shape index (κ1) is 41.1. The van der Waals surface area contributed by atoms with Gasteiger partial charge in [-0.3, -0.25) is 14.4 Å². The zero-order valence-electron chi connectivity index (χ0n) is 29.1. The minimum absolute atomic E-state index is 0.0444. The predicted molar refractivity (Wildman–Crippen MR) is 186 cm³/mol. The molecule has 5 atom stereocenters. The largest absolute Gasteiger partial charge is 0.442 e. The highest BCUT2D eigenvalue weighted by atomic mass is 32.2. The highest BCUT2D eigenvalue weighted by Crippen LogP contribution is 2.34. The maximum atomic E-state index is 14.2. The molecule has 2 fully saturated rings. The van der Waals surface area contributed by atoms with Crippen molar-refractivity contribution in [3.05, 3.63) is 51.4 Å². The summed E-state index contributed by atoms with van der Waals surface area (Å²) in [7, 11) is 0. The van der Waals surface area contributed by atoms with Crippen LogP contribution in [0.25, 0.3) is 10.4 Å². The molecule has 2 saturated heterocycles. The van der Waals surface area contributed by atoms with Gasteiger partial charge in [-0.05, 0) is 56.6 Å². The van der Waals surface area contributed by atoms with Crippen molar-refractivity contribution in [1.82, 2.24) is 31.9 Å². The Morgan fingerprint density at radius 3 is 2.42 bits per heavy atom. The van der Waals surface area contributed by atoms with Gasteiger partial charge < -0.3 is 36.6 Å². The van der Waals surface area contributed by atoms with Gasteiger partial charge in [0.1, 0.15) is 17.4 Å². The molecule has 290 valence electrons. The van der Waals surface area contributed by atoms with E-state index in [1.807, 2.05) is 24.0 Å². The van der Waals surface area contributed by atoms with Crippen LogP contribution in [0.15, 0.2) is 17.3 Å². The first-order chi connectivity index (χ1) is 25.3. The van der Waals surface area contributed by atoms with Gasteiger partial charge in [0.2, 0.25) is 11.8 Å². The number of carbonyl (C=O) groups is 5. The van der Waals surface area contributed by atoms with Crippen LogP contribution in [0.1, 0.15) is 75.1 Å². The molecular formula is C33H43F4N9O6S. The Morgan fingerprint density at radius 2 is 1.68 bits per heavy atom. The number of fused-ring (bicyclic) bond motifs is 1. The standard InChI is InChI=1S/C33H43F4N9O6S/c1-33(30(49)41-14-6-13-39-21(47)9-3-2-8-20-27-19(17-53-20)43-31(50)44-27)11-5-4-7-18(10-12-33)52-32(51)42-16-15-40-29(48)22-23(34)25(36)28(45-46-38)26(37)24(22)35/h4,7,18-20,27H,2-3,5-6,8-17H2,1H3,(H,39,47)(H,40,48)(H,41,49)(H,42,51)(H2,43,44,50)/b7-4+. The molecule has 0 aromatic heterocycles. The van der Waals surface area contributed by atoms with Gasteiger partial charge in [-0.25, -0.2) is 27.2 Å². The van der Waals surface area contributed by atoms with Gasteiger partial charge in [0.15, 0.2) is 23.3 Å². The average molecular weight is 770 g/mol. The lowest BCUT2D eigenvalue weighted by Gasteiger charge is -2.31. The van der Waals surface area contributed by atoms with Crippen LogP contribution in [0.4, 0.5) is 32.8 Å². The number of urea groups is 1. The summed E-state index contributed by atoms with van der Waals surface area (Å²) in [5, 5.41) is 19.0. The molecular weight excluding hydrogens is 726 g/mol. The van der Waals surface area contributed by atoms with E-state index >= 15 is 0 Å². The fourth-order valence-corrected chi connectivity index (χ4v) is 7.85. The number of nitrogens with one attached hydrogen (secondary N) is 6. The van der Waals surface area contributed by atoms with Crippen molar-refractivity contribution < 1.29 is 46.3 Å². The van der Waals surface area contributed by atoms with E-state index in [1.54, 1.807) is 12.2 Å². The van der Waals surface area contributed by atoms with Crippen LogP contribution in [0, 0.1) is 28.7 Å². The van der Waals surface area contributed by atoms with Gasteiger partial charge in [0.25, 0.3) is 5.91 Å². The lowest BCUT2D eigenvalue weighted by atomic mass is 9.78. The molecule has 3 aliphatic rings. The minimum atomic E-state index is -2.05. The number of alkyl carbamates (subject to hydrolysis) is 1. The van der Waals surface area contributed by atoms with Gasteiger partial charge in [0.05, 0.1) is 12.1 Å². The molecule has 0 radical (unpaired) electrons. The summed E-state index contributed by atoms with van der Waals surface area (Å²) in [4.78, 5) is 63.6. The maximum Gasteiger partial charge on any atom is 0.407 e. The van der Waals surface area contributed by atoms with Gasteiger partial charge in [-0.2, -0.15) is 11.8 Å². The molecule has 4 rings (SSSR count). The van der Waals surface area contributed by atoms with Gasteiger partial charge >= 0.3 is 12.1 Å². The Labute approximate surface area is 307 Å². The van der Waals surface area contributed by atoms with E-state index in [-0.39, 0.29) is 36.5 Å². The van der Waals surface area contributed by atoms with Crippen molar-refractivity contribution in [3.63, 3.8) is 0 Å². The van der Waals surface area contributed by atoms with Crippen LogP contribution >= 0.6 is 11.8 Å². The summed E-state index contributed by atoms with van der Waals surface area (Å²) < 4.78 is 61.8. The Kier molecular flexibility index (Phi) is 15.0. The topological polar surface area (TPSA) is 216 Å². The van der Waals surface area contributed by atoms with E-state index in [1.165, 1.54) is 0 Å². The molecule has 15 nitrogen and oxygen atoms in total. The van der Waals surface area contributed by atoms with Crippen molar-refractivity contribution >= 4 is 47.3 Å². The fourth-order valence-electron chi connectivity index (χ4n) is 6.31. The number of nitrogens with zero attached hydrogens (tertiary/aromatic N) is 3. The molecule has 1 aromatic carbocycles. The normalized spacial score (nSPS) is 23.9. The first-order valence-electron chi connectivity index (χ1n) is 17.4. The molecule has 6 amide bonds. The molecule has 20 heteroatoms. The van der Waals surface area contributed by atoms with Crippen LogP contribution in [-0.2, 0) is 14.3 Å². The number of rotatable bonds is 16. The number of hydrogen-bond acceptors (Lipinski definition) is 8. The number of unbranched alkanes of at least 4 members (excludes halogenated alkanes) is 1. The Balaban J connectivity index is 1.09. The third kappa shape index (κ3) is 11.1. The minimum Gasteiger partial charge on any atom is -0.442 e. The van der Waals surface area contributed by atoms with E-state index in [0.29, 0.717) is 56.9 Å². The van der Waals surface area contributed by atoms with Crippen LogP contribution < -0.4 is 31.9 Å². The fraction of sp³-hybridized carbons (Fsp3) is 0.606. The quantitative estimate of drug-likeness (QED) is 0.0207. The van der Waals surface area contributed by atoms with Crippen molar-refractivity contribution in [3.8, 4) is 0 Å². The van der Waals surface area contributed by atoms with Crippen molar-refractivity contribution in [1.29, 1.82) is 0 Å². The number of allylic oxidation sites excluding steroid dienone is 1. The first-order valence-corrected chi connectivity index (χ1v) is 18.4. The SMILES string of the molecule is CC1(C(=O)NCCCNC(=O)CCCCC2SCC3NC(=O)NC32)CC/C=C/C(OC(=O)NCCNC(=O)c2c(F)c(F)c(N=[N+]=[N-])c(F)c2F)CC1. The highest BCUT2D eigenvalue weighted by Gasteiger charge is 2.42. The average Bonchev–Trinajstić information content (AvgIpc) is 3.68. The van der Waals surface area contributed by atoms with Crippen molar-refractivity contribution in [2.75, 3.05) is 31.9 Å². The molecule has 2 aliphatic heterocycles. The van der Waals surface area contributed by atoms with Crippen molar-refractivity contribution in [2.45, 2.75) is 88.1 Å². The number of hydrogen-bond donors (Lipinski definition) is 6. The number of benzene rings is 1. The molecule has 0 spiro atoms. The summed E-state index contributed by atoms with van der Waals surface area (Å²) >= 11 is 1.85. The van der Waals surface area contributed by atoms with Crippen LogP contribution in [-0.4, -0.2) is 85.2 Å². The molecule has 53 heavy (non-hydrogen) atoms. The van der Waals surface area contributed by atoms with E-state index in [4.69, 9.17) is 10.3 Å². The molecule has 5 unspecified atom stereocenters. The van der Waals surface area contributed by atoms with Crippen LogP contribution in [0.5, 0.6) is 0 Å². The summed E-state index contributed by atoms with van der Waals surface area (Å²) in [6.07, 6.45) is 7.36. The lowest BCUT2D eigenvalue weighted by Crippen LogP contribution is -2.41. The van der Waals surface area contributed by atoms with E-state index in [9.17, 15) is 41.5 Å². The van der Waals surface area contributed by atoms with Gasteiger partial charge in [-0.15, -0.1) is 0 Å². The highest BCUT2D eigenvalue weighted by molar-refractivity contribution is 8.00. The third-order valence-corrected chi connectivity index (χ3v) is 10.8. The Morgan fingerprint density at radius 1 is 0.962 bits per heavy atom. The molecule has 0 bridgehead atoms. The number of halogens is 4. The zero-order valence-corrected chi connectivity index (χ0v) is 29.9. The van der Waals surface area contributed by atoms with E-state index in [2.05, 4.69) is 36.6 Å². The molecule has 0 saturated carbocycles. The van der Waals surface area contributed by atoms with Crippen LogP contribution in [0.3, 0.4) is 0 Å². The van der Waals surface area contributed by atoms with E-state index in [0.717, 1.165) is 25.0 Å². The van der Waals surface area contributed by atoms with E-state index < -0.39 is 64.6 Å². The maximum absolute atomic E-state index is 14.2. The molecule has 2 heterocycles. The number of carbonyl (C=O) groups excluding carboxylic acids is 5. The van der Waals surface area contributed by atoms with Crippen LogP contribution in [0.2, 0.25) is 0 Å². The second-order valence-electron chi connectivity index (χ2n) is 13.2. The summed E-state index contributed by atoms with van der Waals surface area (Å²) in [6.45, 7) is 1.96. The van der Waals surface area contributed by atoms with Crippen molar-refractivity contribution in [2.24, 2.45) is 10.5 Å². The second kappa shape index (κ2) is 19.4. The summed E-state index contributed by atoms with van der Waals surface area (Å²) in [6, 6.07) is 0.230. The summed E-state index contributed by atoms with van der Waals surface area (Å²) in [5.41, 5.74) is 4.47. The monoisotopic (exact) mass is 769 g/mol. The molecule has 1 aliphatic carbocycles. The smallest absolute Gasteiger partial charge is 0.407 e. The number of thioether (sulfide) groups is 1. The predicted octanol–water partition coefficient (Wildman–Crippen LogP) is 4.49. The Bertz CT molecular complexity index is 1600. The Hall–Kier alpha value is -4.71. The molecule has 6 N–H and O–H groups in total. The van der Waals surface area contributed by atoms with Gasteiger partial charge in [-0.1, -0.05) is 24.5 Å². The summed E-state index contributed by atoms with van der Waals surface area (Å²) in [5.74, 6) is -8.97. The molecule has 1 aromatic rings. The second-order valence-corrected chi connectivity index (χ2v) is 14.5.